The Morgan fingerprint density at radius 2 is 1.97 bits per heavy atom. The number of hydrogen-bond acceptors (Lipinski definition) is 5. The monoisotopic (exact) mass is 458 g/mol. The topological polar surface area (TPSA) is 92.3 Å². The van der Waals surface area contributed by atoms with E-state index in [1.165, 1.54) is 36.9 Å². The van der Waals surface area contributed by atoms with E-state index in [0.717, 1.165) is 23.1 Å². The van der Waals surface area contributed by atoms with Crippen LogP contribution in [0.4, 0.5) is 24.5 Å². The molecule has 0 unspecified atom stereocenters. The molecule has 1 atom stereocenters. The van der Waals surface area contributed by atoms with Crippen LogP contribution in [0.3, 0.4) is 0 Å². The van der Waals surface area contributed by atoms with E-state index in [2.05, 4.69) is 10.6 Å². The summed E-state index contributed by atoms with van der Waals surface area (Å²) in [6, 6.07) is 8.42. The normalized spacial score (nSPS) is 15.1. The Labute approximate surface area is 175 Å². The second kappa shape index (κ2) is 8.31. The summed E-state index contributed by atoms with van der Waals surface area (Å²) in [5, 5.41) is 4.92. The highest BCUT2D eigenvalue weighted by molar-refractivity contribution is 8.00. The van der Waals surface area contributed by atoms with Crippen molar-refractivity contribution in [3.8, 4) is 0 Å². The van der Waals surface area contributed by atoms with Crippen molar-refractivity contribution in [2.75, 3.05) is 22.1 Å². The summed E-state index contributed by atoms with van der Waals surface area (Å²) >= 11 is 1.29. The largest absolute Gasteiger partial charge is 0.416 e. The van der Waals surface area contributed by atoms with Gasteiger partial charge < -0.3 is 10.6 Å². The van der Waals surface area contributed by atoms with E-state index < -0.39 is 39.2 Å². The van der Waals surface area contributed by atoms with E-state index >= 15 is 0 Å². The van der Waals surface area contributed by atoms with Crippen LogP contribution >= 0.6 is 11.8 Å². The van der Waals surface area contributed by atoms with E-state index in [1.54, 1.807) is 6.07 Å². The van der Waals surface area contributed by atoms with Gasteiger partial charge >= 0.3 is 6.18 Å². The molecule has 2 amide bonds. The molecular formula is C19H17F3N2O4S2. The third kappa shape index (κ3) is 5.14. The van der Waals surface area contributed by atoms with Crippen LogP contribution in [0.5, 0.6) is 0 Å². The Balaban J connectivity index is 1.72. The Hall–Kier alpha value is -2.53. The van der Waals surface area contributed by atoms with Gasteiger partial charge in [-0.3, -0.25) is 9.59 Å². The highest BCUT2D eigenvalue weighted by Gasteiger charge is 2.31. The molecule has 2 aromatic rings. The van der Waals surface area contributed by atoms with Gasteiger partial charge in [0.15, 0.2) is 9.84 Å². The number of carbonyl (C=O) groups is 2. The van der Waals surface area contributed by atoms with Crippen LogP contribution in [0.15, 0.2) is 52.3 Å². The number of amides is 2. The first-order chi connectivity index (χ1) is 14.0. The maximum Gasteiger partial charge on any atom is 0.416 e. The van der Waals surface area contributed by atoms with Crippen molar-refractivity contribution in [1.29, 1.82) is 0 Å². The number of benzene rings is 2. The highest BCUT2D eigenvalue weighted by atomic mass is 32.2. The molecule has 6 nitrogen and oxygen atoms in total. The number of anilines is 2. The quantitative estimate of drug-likeness (QED) is 0.711. The molecule has 0 saturated carbocycles. The van der Waals surface area contributed by atoms with Crippen molar-refractivity contribution in [3.05, 3.63) is 48.0 Å². The van der Waals surface area contributed by atoms with Gasteiger partial charge in [-0.2, -0.15) is 13.2 Å². The van der Waals surface area contributed by atoms with E-state index in [-0.39, 0.29) is 22.2 Å². The molecule has 2 aromatic carbocycles. The minimum absolute atomic E-state index is 0.0530. The van der Waals surface area contributed by atoms with Crippen LogP contribution in [0.1, 0.15) is 12.5 Å². The Kier molecular flexibility index (Phi) is 6.14. The molecule has 0 spiro atoms. The summed E-state index contributed by atoms with van der Waals surface area (Å²) in [7, 11) is -3.88. The van der Waals surface area contributed by atoms with Gasteiger partial charge in [0, 0.05) is 16.5 Å². The number of halogens is 3. The molecule has 0 bridgehead atoms. The maximum atomic E-state index is 12.8. The number of carbonyl (C=O) groups excluding carboxylic acids is 2. The van der Waals surface area contributed by atoms with Crippen LogP contribution < -0.4 is 10.6 Å². The fourth-order valence-electron chi connectivity index (χ4n) is 2.80. The molecule has 3 rings (SSSR count). The average molecular weight is 458 g/mol. The molecule has 1 aliphatic rings. The highest BCUT2D eigenvalue weighted by Crippen LogP contribution is 2.34. The predicted octanol–water partition coefficient (Wildman–Crippen LogP) is 3.80. The van der Waals surface area contributed by atoms with Gasteiger partial charge in [0.25, 0.3) is 0 Å². The second-order valence-corrected chi connectivity index (χ2v) is 9.80. The first kappa shape index (κ1) is 22.2. The maximum absolute atomic E-state index is 12.8. The molecule has 160 valence electrons. The fraction of sp³-hybridized carbons (Fsp3) is 0.263. The Morgan fingerprint density at radius 1 is 1.23 bits per heavy atom. The lowest BCUT2D eigenvalue weighted by Gasteiger charge is -2.18. The minimum Gasteiger partial charge on any atom is -0.326 e. The van der Waals surface area contributed by atoms with Gasteiger partial charge in [-0.25, -0.2) is 8.42 Å². The van der Waals surface area contributed by atoms with Gasteiger partial charge in [-0.1, -0.05) is 13.0 Å². The van der Waals surface area contributed by atoms with Crippen LogP contribution in [-0.4, -0.2) is 31.7 Å². The molecule has 1 aliphatic heterocycles. The molecule has 0 radical (unpaired) electrons. The first-order valence-corrected chi connectivity index (χ1v) is 11.4. The van der Waals surface area contributed by atoms with Gasteiger partial charge in [0.05, 0.1) is 27.7 Å². The molecule has 0 fully saturated rings. The smallest absolute Gasteiger partial charge is 0.326 e. The molecule has 11 heteroatoms. The van der Waals surface area contributed by atoms with Crippen molar-refractivity contribution in [1.82, 2.24) is 0 Å². The van der Waals surface area contributed by atoms with E-state index in [0.29, 0.717) is 5.69 Å². The molecule has 0 aliphatic carbocycles. The Bertz CT molecular complexity index is 1100. The van der Waals surface area contributed by atoms with Gasteiger partial charge in [0.2, 0.25) is 11.8 Å². The summed E-state index contributed by atoms with van der Waals surface area (Å²) in [6.07, 6.45) is -4.56. The number of rotatable bonds is 5. The van der Waals surface area contributed by atoms with Crippen molar-refractivity contribution >= 4 is 44.8 Å². The summed E-state index contributed by atoms with van der Waals surface area (Å²) in [5.74, 6) is -2.29. The minimum atomic E-state index is -4.56. The summed E-state index contributed by atoms with van der Waals surface area (Å²) in [5.41, 5.74) is -0.611. The average Bonchev–Trinajstić information content (AvgIpc) is 2.66. The van der Waals surface area contributed by atoms with Gasteiger partial charge in [-0.15, -0.1) is 11.8 Å². The number of thioether (sulfide) groups is 1. The second-order valence-electron chi connectivity index (χ2n) is 6.75. The molecule has 30 heavy (non-hydrogen) atoms. The zero-order valence-corrected chi connectivity index (χ0v) is 17.2. The van der Waals surface area contributed by atoms with Crippen molar-refractivity contribution in [2.45, 2.75) is 22.9 Å². The molecular weight excluding hydrogens is 441 g/mol. The molecule has 1 heterocycles. The third-order valence-electron chi connectivity index (χ3n) is 4.32. The summed E-state index contributed by atoms with van der Waals surface area (Å²) < 4.78 is 63.8. The third-order valence-corrected chi connectivity index (χ3v) is 7.30. The van der Waals surface area contributed by atoms with E-state index in [1.807, 2.05) is 0 Å². The lowest BCUT2D eigenvalue weighted by Crippen LogP contribution is -2.27. The predicted molar refractivity (Wildman–Crippen MR) is 107 cm³/mol. The van der Waals surface area contributed by atoms with Gasteiger partial charge in [0.1, 0.15) is 0 Å². The van der Waals surface area contributed by atoms with Crippen LogP contribution in [0.2, 0.25) is 0 Å². The fourth-order valence-corrected chi connectivity index (χ4v) is 5.16. The lowest BCUT2D eigenvalue weighted by atomic mass is 10.1. The lowest BCUT2D eigenvalue weighted by molar-refractivity contribution is -0.137. The summed E-state index contributed by atoms with van der Waals surface area (Å²) in [4.78, 5) is 24.5. The van der Waals surface area contributed by atoms with Crippen molar-refractivity contribution < 1.29 is 31.2 Å². The Morgan fingerprint density at radius 3 is 2.67 bits per heavy atom. The SMILES string of the molecule is C[C@H](CS(=O)(=O)c1ccc2c(c1)NC(=O)CS2)C(=O)Nc1cccc(C(F)(F)F)c1. The van der Waals surface area contributed by atoms with Gasteiger partial charge in [-0.05, 0) is 36.4 Å². The number of hydrogen-bond donors (Lipinski definition) is 2. The van der Waals surface area contributed by atoms with Crippen molar-refractivity contribution in [3.63, 3.8) is 0 Å². The zero-order valence-electron chi connectivity index (χ0n) is 15.6. The number of fused-ring (bicyclic) bond motifs is 1. The molecule has 0 aromatic heterocycles. The van der Waals surface area contributed by atoms with Crippen molar-refractivity contribution in [2.24, 2.45) is 5.92 Å². The van der Waals surface area contributed by atoms with E-state index in [9.17, 15) is 31.2 Å². The molecule has 2 N–H and O–H groups in total. The zero-order chi connectivity index (χ0) is 22.1. The summed E-state index contributed by atoms with van der Waals surface area (Å²) in [6.45, 7) is 1.37. The van der Waals surface area contributed by atoms with E-state index in [4.69, 9.17) is 0 Å². The number of sulfone groups is 1. The van der Waals surface area contributed by atoms with Crippen LogP contribution in [0.25, 0.3) is 0 Å². The number of nitrogens with one attached hydrogen (secondary N) is 2. The molecule has 0 saturated heterocycles. The first-order valence-electron chi connectivity index (χ1n) is 8.73. The standard InChI is InChI=1S/C19H17F3N2O4S2/c1-11(18(26)23-13-4-2-3-12(7-13)19(20,21)22)10-30(27,28)14-5-6-16-15(8-14)24-17(25)9-29-16/h2-8,11H,9-10H2,1H3,(H,23,26)(H,24,25)/t11-/m1/s1. The van der Waals surface area contributed by atoms with Crippen LogP contribution in [0, 0.1) is 5.92 Å². The van der Waals surface area contributed by atoms with Crippen LogP contribution in [-0.2, 0) is 25.6 Å². The number of alkyl halides is 3.